The summed E-state index contributed by atoms with van der Waals surface area (Å²) in [5.41, 5.74) is 18.7. The standard InChI is InChI=1S/C40H37N3O3.C27H27N3O3.C15H15NO2.C13H11Cl.B2H5IP2.3Ni/c44-39(35-26-15-27-43(35)28-29-16-5-1-6-17-29)41-34-25-14-13-24-33(34)37(32-22-11-4-12-23-32)42-38(40(45)46)36(30-18-7-2-8-19-30)31-20-9-3-10-21-31;31-25(32)18-28-26(21-12-5-2-6-13-21)22-14-7-8-15-23(22)29-27(33)24-16-9-17-30(24)19-20-10-3-1-4-11-20;16-14(15(17)18)13(11-7-3-1-4-8-11)12-9-5-2-6-10-12;14-13(11-7-3-1-4-8-11)12-9-5-2-6-10-12;3-5-2-1-4;;;/h1-14,16-25,35-36,38H,15,26-28H2,(H2,41,42,44,45,46);1-8,10-15,24H,9,16-19H2,(H2,28,29,31,32,33);1-10,13-14H,16H2,(H,17,18);1-10,13H;5H,1,4H2;;;/q;;;;-1;;2*+2/p-2/t35-,38-;24-;14-;;;;;/m000...../s1/i;;;;5D;;;. The topological polar surface area (TPSA) is 231 Å². The Balaban J connectivity index is 0.000000232. The van der Waals surface area contributed by atoms with Crippen molar-refractivity contribution in [3.8, 4) is 0 Å². The van der Waals surface area contributed by atoms with Gasteiger partial charge in [0, 0.05) is 52.5 Å². The molecule has 12 aromatic carbocycles. The Bertz CT molecular complexity index is 5010. The number of nitrogens with two attached hydrogens (primary N) is 1. The Morgan fingerprint density at radius 2 is 0.790 bits per heavy atom. The first-order valence-electron chi connectivity index (χ1n) is 39.2. The number of carbonyl (C=O) groups excluding carboxylic acids is 2. The van der Waals surface area contributed by atoms with E-state index < -0.39 is 42.0 Å². The molecule has 24 heteroatoms. The van der Waals surface area contributed by atoms with E-state index >= 15 is 0 Å². The number of benzene rings is 12. The molecular weight excluding hydrogens is 1790 g/mol. The van der Waals surface area contributed by atoms with Crippen LogP contribution in [0.3, 0.4) is 0 Å². The van der Waals surface area contributed by atoms with Crippen LogP contribution in [0.5, 0.6) is 0 Å². The predicted molar refractivity (Wildman–Crippen MR) is 489 cm³/mol. The van der Waals surface area contributed by atoms with Crippen LogP contribution in [0.4, 0.5) is 11.4 Å². The van der Waals surface area contributed by atoms with Gasteiger partial charge in [-0.25, -0.2) is 4.79 Å². The quantitative estimate of drug-likeness (QED) is 0.0124. The molecule has 6 atom stereocenters. The molecule has 2 heterocycles. The van der Waals surface area contributed by atoms with E-state index in [1.807, 2.05) is 322 Å². The van der Waals surface area contributed by atoms with Crippen molar-refractivity contribution in [2.75, 3.05) is 19.6 Å². The molecule has 0 aliphatic carbocycles. The third-order valence-electron chi connectivity index (χ3n) is 19.5. The first kappa shape index (κ1) is 95.2. The normalized spacial score (nSPS) is 14.5. The zero-order chi connectivity index (χ0) is 82.5. The maximum Gasteiger partial charge on any atom is 2.00 e. The summed E-state index contributed by atoms with van der Waals surface area (Å²) in [6, 6.07) is 109. The van der Waals surface area contributed by atoms with Gasteiger partial charge in [0.25, 0.3) is 0 Å². The Labute approximate surface area is 753 Å². The molecule has 1 radical (unpaired) electrons. The molecular formula is C95H93B2ClIN7Ni3O8P2+. The van der Waals surface area contributed by atoms with E-state index in [1.54, 1.807) is 6.07 Å². The minimum atomic E-state index is -1.15. The number of aliphatic carboxylic acids is 3. The molecule has 2 saturated heterocycles. The van der Waals surface area contributed by atoms with Gasteiger partial charge in [-0.1, -0.05) is 374 Å². The summed E-state index contributed by atoms with van der Waals surface area (Å²) in [6.07, 6.45) is 3.40. The van der Waals surface area contributed by atoms with Gasteiger partial charge < -0.3 is 50.4 Å². The van der Waals surface area contributed by atoms with E-state index in [4.69, 9.17) is 28.7 Å². The number of hydrogen-bond acceptors (Lipinski definition) is 10. The van der Waals surface area contributed by atoms with Gasteiger partial charge in [0.15, 0.2) is 6.04 Å². The minimum Gasteiger partial charge on any atom is -0.625 e. The van der Waals surface area contributed by atoms with E-state index in [1.165, 1.54) is 5.56 Å². The first-order valence-corrected chi connectivity index (χ1v) is 44.1. The van der Waals surface area contributed by atoms with Crippen LogP contribution in [0.25, 0.3) is 10.6 Å². The maximum atomic E-state index is 13.8. The number of hydrogen-bond donors (Lipinski definition) is 4. The fourth-order valence-corrected chi connectivity index (χ4v) is 17.6. The van der Waals surface area contributed by atoms with Gasteiger partial charge >= 0.3 is 50.9 Å². The Kier molecular flexibility index (Phi) is 42.1. The predicted octanol–water partition coefficient (Wildman–Crippen LogP) is 19.6. The summed E-state index contributed by atoms with van der Waals surface area (Å²) in [4.78, 5) is 76.3. The Hall–Kier alpha value is -9.30. The summed E-state index contributed by atoms with van der Waals surface area (Å²) >= 11 is 8.47. The molecule has 2 fully saturated rings. The van der Waals surface area contributed by atoms with Gasteiger partial charge in [0.1, 0.15) is 12.6 Å². The number of amides is 2. The number of rotatable bonds is 27. The summed E-state index contributed by atoms with van der Waals surface area (Å²) in [5.74, 6) is -4.31. The van der Waals surface area contributed by atoms with Crippen LogP contribution in [-0.4, -0.2) is 125 Å². The third-order valence-corrected chi connectivity index (χ3v) is 23.1. The van der Waals surface area contributed by atoms with E-state index in [0.717, 1.165) is 88.8 Å². The summed E-state index contributed by atoms with van der Waals surface area (Å²) in [7, 11) is 2.68. The van der Waals surface area contributed by atoms with Crippen molar-refractivity contribution in [3.63, 3.8) is 0 Å². The number of para-hydroxylation sites is 2. The van der Waals surface area contributed by atoms with E-state index in [2.05, 4.69) is 87.7 Å². The van der Waals surface area contributed by atoms with E-state index in [-0.39, 0.29) is 98.1 Å². The molecule has 0 bridgehead atoms. The Morgan fingerprint density at radius 3 is 1.12 bits per heavy atom. The summed E-state index contributed by atoms with van der Waals surface area (Å²) in [6.45, 7) is 4.92. The second-order valence-corrected chi connectivity index (χ2v) is 31.0. The van der Waals surface area contributed by atoms with Crippen LogP contribution in [0.2, 0.25) is 0 Å². The number of halogens is 2. The number of nitrogens with zero attached hydrogens (tertiary/aromatic N) is 6. The van der Waals surface area contributed by atoms with Crippen LogP contribution >= 0.6 is 48.8 Å². The molecule has 2 aliphatic rings. The first-order chi connectivity index (χ1) is 57.0. The summed E-state index contributed by atoms with van der Waals surface area (Å²) < 4.78 is 6.99. The summed E-state index contributed by atoms with van der Waals surface area (Å²) in [5, 5.41) is 38.2. The zero-order valence-electron chi connectivity index (χ0n) is 66.3. The van der Waals surface area contributed by atoms with Crippen molar-refractivity contribution in [2.24, 2.45) is 15.7 Å². The molecule has 15 nitrogen and oxygen atoms in total. The molecule has 2 amide bonds. The van der Waals surface area contributed by atoms with E-state index in [0.29, 0.717) is 47.0 Å². The molecule has 5 N–H and O–H groups in total. The molecule has 12 aromatic rings. The van der Waals surface area contributed by atoms with Crippen molar-refractivity contribution in [1.29, 1.82) is 1.28 Å². The average molecular weight is 1880 g/mol. The number of carbonyl (C=O) groups is 5. The van der Waals surface area contributed by atoms with Gasteiger partial charge in [-0.3, -0.25) is 29.4 Å². The minimum absolute atomic E-state index is 0. The molecule has 2 unspecified atom stereocenters. The molecule has 0 saturated carbocycles. The molecule has 2 aliphatic heterocycles. The van der Waals surface area contributed by atoms with Crippen LogP contribution in [-0.2, 0) is 86.5 Å². The van der Waals surface area contributed by atoms with Crippen LogP contribution in [0.1, 0.15) is 110 Å². The fraction of sp³-hybridized carbons (Fsp3) is 0.168. The van der Waals surface area contributed by atoms with Crippen LogP contribution in [0.15, 0.2) is 362 Å². The van der Waals surface area contributed by atoms with Crippen molar-refractivity contribution in [2.45, 2.75) is 80.2 Å². The number of likely N-dealkylation sites (tertiary alicyclic amines) is 2. The van der Waals surface area contributed by atoms with Gasteiger partial charge in [-0.15, -0.1) is 29.0 Å². The van der Waals surface area contributed by atoms with Crippen molar-refractivity contribution in [1.82, 2.24) is 9.80 Å². The van der Waals surface area contributed by atoms with Gasteiger partial charge in [0.05, 0.1) is 42.0 Å². The van der Waals surface area contributed by atoms with Crippen molar-refractivity contribution >= 4 is 115 Å². The second-order valence-electron chi connectivity index (χ2n) is 27.5. The number of aliphatic imine (C=N–C) groups is 2. The fourth-order valence-electron chi connectivity index (χ4n) is 14.0. The maximum absolute atomic E-state index is 13.8. The van der Waals surface area contributed by atoms with Crippen LogP contribution < -0.4 is 5.73 Å². The SMILES string of the molecule is ClC(c1ccccc1)c1ccccc1.N[C@H](C(=O)O)C(c1ccccc1)c1ccccc1.O=C(O)CN=C(c1ccccc1)c1ccccc1[N-]C(=O)[C@@H]1CCCN1Cc1ccccc1.O=C(O)[C@@H](N=C(c1ccccc1)c1ccccc1[N-]C(=O)[C@@H]1CCCN1Cc1ccccc1)C(c1ccccc1)c1ccccc1.[2H]P(I)[B][BH2-]P.[Ni+2].[Ni+2].[Ni]. The number of carboxylic acids is 3. The molecule has 14 rings (SSSR count). The van der Waals surface area contributed by atoms with E-state index in [9.17, 15) is 34.2 Å². The third kappa shape index (κ3) is 29.8. The molecule has 0 aromatic heterocycles. The monoisotopic (exact) mass is 1880 g/mol. The smallest absolute Gasteiger partial charge is 0.625 e. The van der Waals surface area contributed by atoms with Gasteiger partial charge in [-0.05, 0) is 108 Å². The van der Waals surface area contributed by atoms with Gasteiger partial charge in [-0.2, -0.15) is 0 Å². The second kappa shape index (κ2) is 52.7. The Morgan fingerprint density at radius 1 is 0.479 bits per heavy atom. The van der Waals surface area contributed by atoms with Crippen molar-refractivity contribution < 1.29 is 88.8 Å². The average Bonchev–Trinajstić information content (AvgIpc) is 0.883. The van der Waals surface area contributed by atoms with Gasteiger partial charge in [0.2, 0.25) is 0 Å². The molecule has 0 spiro atoms. The molecule has 615 valence electrons. The molecule has 119 heavy (non-hydrogen) atoms. The number of alkyl halides is 1. The zero-order valence-corrected chi connectivity index (χ0v) is 73.3. The largest absolute Gasteiger partial charge is 2.00 e. The number of carboxylic acid groups (broad SMARTS) is 3. The van der Waals surface area contributed by atoms with Crippen molar-refractivity contribution in [3.05, 3.63) is 429 Å². The van der Waals surface area contributed by atoms with Crippen LogP contribution in [0, 0.1) is 0 Å².